The van der Waals surface area contributed by atoms with Crippen LogP contribution in [0.3, 0.4) is 0 Å². The Hall–Kier alpha value is -0.860. The summed E-state index contributed by atoms with van der Waals surface area (Å²) in [5.74, 6) is 0. The molecule has 0 radical (unpaired) electrons. The first-order chi connectivity index (χ1) is 8.83. The third-order valence-corrected chi connectivity index (χ3v) is 3.81. The molecule has 1 aromatic rings. The van der Waals surface area contributed by atoms with E-state index in [-0.39, 0.29) is 6.61 Å². The van der Waals surface area contributed by atoms with E-state index in [1.54, 1.807) is 0 Å². The molecule has 0 saturated carbocycles. The van der Waals surface area contributed by atoms with Crippen molar-refractivity contribution in [3.8, 4) is 0 Å². The molecular weight excluding hydrogens is 224 g/mol. The molecule has 0 bridgehead atoms. The van der Waals surface area contributed by atoms with Gasteiger partial charge in [0.05, 0.1) is 18.8 Å². The summed E-state index contributed by atoms with van der Waals surface area (Å²) in [6.07, 6.45) is 7.84. The van der Waals surface area contributed by atoms with Crippen LogP contribution in [0.4, 0.5) is 0 Å². The highest BCUT2D eigenvalue weighted by molar-refractivity contribution is 5.27. The van der Waals surface area contributed by atoms with Crippen molar-refractivity contribution in [1.82, 2.24) is 0 Å². The highest BCUT2D eigenvalue weighted by Crippen LogP contribution is 2.26. The molecule has 1 aromatic carbocycles. The maximum atomic E-state index is 9.32. The van der Waals surface area contributed by atoms with Crippen LogP contribution in [0.1, 0.15) is 50.2 Å². The van der Waals surface area contributed by atoms with Crippen LogP contribution in [-0.4, -0.2) is 17.3 Å². The lowest BCUT2D eigenvalue weighted by atomic mass is 10.0. The average Bonchev–Trinajstić information content (AvgIpc) is 2.84. The standard InChI is InChI=1S/C16H24O2/c1-2-3-8-15-9-10-16(18-15)11-13-6-4-5-7-14(13)12-17/h4-7,15-17H,2-3,8-12H2,1H3. The van der Waals surface area contributed by atoms with E-state index in [9.17, 15) is 5.11 Å². The van der Waals surface area contributed by atoms with Gasteiger partial charge in [-0.05, 0) is 36.8 Å². The van der Waals surface area contributed by atoms with Gasteiger partial charge in [-0.25, -0.2) is 0 Å². The summed E-state index contributed by atoms with van der Waals surface area (Å²) in [7, 11) is 0. The summed E-state index contributed by atoms with van der Waals surface area (Å²) in [4.78, 5) is 0. The molecule has 1 heterocycles. The molecule has 1 fully saturated rings. The maximum absolute atomic E-state index is 9.32. The van der Waals surface area contributed by atoms with Crippen LogP contribution in [0, 0.1) is 0 Å². The van der Waals surface area contributed by atoms with E-state index in [0.29, 0.717) is 12.2 Å². The zero-order chi connectivity index (χ0) is 12.8. The van der Waals surface area contributed by atoms with Gasteiger partial charge in [-0.1, -0.05) is 44.0 Å². The smallest absolute Gasteiger partial charge is 0.0684 e. The molecule has 2 atom stereocenters. The summed E-state index contributed by atoms with van der Waals surface area (Å²) in [5, 5.41) is 9.32. The number of unbranched alkanes of at least 4 members (excludes halogenated alkanes) is 1. The largest absolute Gasteiger partial charge is 0.392 e. The van der Waals surface area contributed by atoms with Crippen LogP contribution in [0.5, 0.6) is 0 Å². The first kappa shape index (κ1) is 13.6. The highest BCUT2D eigenvalue weighted by Gasteiger charge is 2.25. The minimum atomic E-state index is 0.127. The summed E-state index contributed by atoms with van der Waals surface area (Å²) in [6.45, 7) is 2.35. The number of rotatable bonds is 6. The van der Waals surface area contributed by atoms with E-state index in [1.807, 2.05) is 18.2 Å². The van der Waals surface area contributed by atoms with Gasteiger partial charge >= 0.3 is 0 Å². The number of aliphatic hydroxyl groups excluding tert-OH is 1. The number of ether oxygens (including phenoxy) is 1. The summed E-state index contributed by atoms with van der Waals surface area (Å²) in [6, 6.07) is 8.12. The normalized spacial score (nSPS) is 23.4. The second kappa shape index (κ2) is 6.91. The number of benzene rings is 1. The molecule has 1 aliphatic rings. The molecule has 1 N–H and O–H groups in total. The second-order valence-corrected chi connectivity index (χ2v) is 5.23. The minimum absolute atomic E-state index is 0.127. The van der Waals surface area contributed by atoms with Gasteiger partial charge in [0, 0.05) is 0 Å². The SMILES string of the molecule is CCCCC1CCC(Cc2ccccc2CO)O1. The van der Waals surface area contributed by atoms with Crippen LogP contribution in [0.15, 0.2) is 24.3 Å². The van der Waals surface area contributed by atoms with Crippen molar-refractivity contribution >= 4 is 0 Å². The number of hydrogen-bond donors (Lipinski definition) is 1. The predicted octanol–water partition coefficient (Wildman–Crippen LogP) is 3.46. The van der Waals surface area contributed by atoms with Gasteiger partial charge in [0.25, 0.3) is 0 Å². The van der Waals surface area contributed by atoms with Crippen LogP contribution in [-0.2, 0) is 17.8 Å². The molecular formula is C16H24O2. The van der Waals surface area contributed by atoms with Gasteiger partial charge < -0.3 is 9.84 Å². The van der Waals surface area contributed by atoms with Gasteiger partial charge in [0.15, 0.2) is 0 Å². The average molecular weight is 248 g/mol. The molecule has 2 heteroatoms. The van der Waals surface area contributed by atoms with Crippen molar-refractivity contribution in [2.45, 2.75) is 64.3 Å². The predicted molar refractivity (Wildman–Crippen MR) is 73.5 cm³/mol. The van der Waals surface area contributed by atoms with Crippen molar-refractivity contribution in [2.24, 2.45) is 0 Å². The topological polar surface area (TPSA) is 29.5 Å². The van der Waals surface area contributed by atoms with E-state index in [1.165, 1.54) is 31.2 Å². The van der Waals surface area contributed by atoms with Gasteiger partial charge in [0.1, 0.15) is 0 Å². The fourth-order valence-electron chi connectivity index (χ4n) is 2.73. The third-order valence-electron chi connectivity index (χ3n) is 3.81. The first-order valence-corrected chi connectivity index (χ1v) is 7.16. The lowest BCUT2D eigenvalue weighted by Crippen LogP contribution is -2.14. The Labute approximate surface area is 110 Å². The molecule has 2 rings (SSSR count). The fraction of sp³-hybridized carbons (Fsp3) is 0.625. The lowest BCUT2D eigenvalue weighted by Gasteiger charge is -2.15. The molecule has 0 aliphatic carbocycles. The van der Waals surface area contributed by atoms with Crippen LogP contribution >= 0.6 is 0 Å². The molecule has 100 valence electrons. The molecule has 0 amide bonds. The molecule has 2 unspecified atom stereocenters. The molecule has 1 aliphatic heterocycles. The van der Waals surface area contributed by atoms with Crippen LogP contribution in [0.25, 0.3) is 0 Å². The van der Waals surface area contributed by atoms with Crippen LogP contribution < -0.4 is 0 Å². The summed E-state index contributed by atoms with van der Waals surface area (Å²) < 4.78 is 6.09. The zero-order valence-electron chi connectivity index (χ0n) is 11.3. The van der Waals surface area contributed by atoms with Crippen molar-refractivity contribution in [1.29, 1.82) is 0 Å². The van der Waals surface area contributed by atoms with E-state index in [2.05, 4.69) is 13.0 Å². The van der Waals surface area contributed by atoms with Gasteiger partial charge in [-0.3, -0.25) is 0 Å². The van der Waals surface area contributed by atoms with E-state index in [0.717, 1.165) is 18.4 Å². The molecule has 0 spiro atoms. The second-order valence-electron chi connectivity index (χ2n) is 5.23. The number of aliphatic hydroxyl groups is 1. The van der Waals surface area contributed by atoms with Gasteiger partial charge in [0.2, 0.25) is 0 Å². The zero-order valence-corrected chi connectivity index (χ0v) is 11.3. The fourth-order valence-corrected chi connectivity index (χ4v) is 2.73. The Bertz CT molecular complexity index is 362. The van der Waals surface area contributed by atoms with E-state index in [4.69, 9.17) is 4.74 Å². The van der Waals surface area contributed by atoms with E-state index < -0.39 is 0 Å². The minimum Gasteiger partial charge on any atom is -0.392 e. The van der Waals surface area contributed by atoms with Gasteiger partial charge in [-0.15, -0.1) is 0 Å². The van der Waals surface area contributed by atoms with Crippen molar-refractivity contribution < 1.29 is 9.84 Å². The Morgan fingerprint density at radius 2 is 1.89 bits per heavy atom. The Morgan fingerprint density at radius 1 is 1.17 bits per heavy atom. The van der Waals surface area contributed by atoms with E-state index >= 15 is 0 Å². The first-order valence-electron chi connectivity index (χ1n) is 7.16. The van der Waals surface area contributed by atoms with Gasteiger partial charge in [-0.2, -0.15) is 0 Å². The molecule has 1 saturated heterocycles. The summed E-state index contributed by atoms with van der Waals surface area (Å²) in [5.41, 5.74) is 2.28. The lowest BCUT2D eigenvalue weighted by molar-refractivity contribution is 0.0397. The Morgan fingerprint density at radius 3 is 2.61 bits per heavy atom. The summed E-state index contributed by atoms with van der Waals surface area (Å²) >= 11 is 0. The quantitative estimate of drug-likeness (QED) is 0.835. The number of hydrogen-bond acceptors (Lipinski definition) is 2. The maximum Gasteiger partial charge on any atom is 0.0684 e. The third kappa shape index (κ3) is 3.56. The molecule has 2 nitrogen and oxygen atoms in total. The highest BCUT2D eigenvalue weighted by atomic mass is 16.5. The van der Waals surface area contributed by atoms with Crippen LogP contribution in [0.2, 0.25) is 0 Å². The Balaban J connectivity index is 1.87. The van der Waals surface area contributed by atoms with Crippen molar-refractivity contribution in [3.63, 3.8) is 0 Å². The molecule has 18 heavy (non-hydrogen) atoms. The monoisotopic (exact) mass is 248 g/mol. The Kier molecular flexibility index (Phi) is 5.21. The molecule has 0 aromatic heterocycles. The van der Waals surface area contributed by atoms with Crippen molar-refractivity contribution in [2.75, 3.05) is 0 Å². The van der Waals surface area contributed by atoms with Crippen molar-refractivity contribution in [3.05, 3.63) is 35.4 Å².